The lowest BCUT2D eigenvalue weighted by Gasteiger charge is -2.26. The van der Waals surface area contributed by atoms with Crippen molar-refractivity contribution in [2.45, 2.75) is 26.9 Å². The van der Waals surface area contributed by atoms with E-state index in [9.17, 15) is 19.6 Å². The summed E-state index contributed by atoms with van der Waals surface area (Å²) in [4.78, 5) is 10.1. The van der Waals surface area contributed by atoms with E-state index in [4.69, 9.17) is 0 Å². The molecule has 1 aromatic rings. The standard InChI is InChI=1S/C12H17FN2O3/c1-12(2,3)11(16)7-14-9-5-4-8(13)6-10(9)15(17)18/h4-6,11,14,16H,7H2,1-3H3. The zero-order valence-electron chi connectivity index (χ0n) is 10.6. The van der Waals surface area contributed by atoms with E-state index in [1.807, 2.05) is 20.8 Å². The van der Waals surface area contributed by atoms with Gasteiger partial charge in [0.25, 0.3) is 5.69 Å². The Morgan fingerprint density at radius 1 is 1.50 bits per heavy atom. The summed E-state index contributed by atoms with van der Waals surface area (Å²) >= 11 is 0. The number of nitrogens with zero attached hydrogens (tertiary/aromatic N) is 1. The summed E-state index contributed by atoms with van der Waals surface area (Å²) in [6.45, 7) is 5.74. The fraction of sp³-hybridized carbons (Fsp3) is 0.500. The van der Waals surface area contributed by atoms with Crippen molar-refractivity contribution in [2.75, 3.05) is 11.9 Å². The predicted molar refractivity (Wildman–Crippen MR) is 67.0 cm³/mol. The summed E-state index contributed by atoms with van der Waals surface area (Å²) in [5, 5.41) is 23.3. The average Bonchev–Trinajstić information content (AvgIpc) is 2.25. The molecule has 0 heterocycles. The SMILES string of the molecule is CC(C)(C)C(O)CNc1ccc(F)cc1[N+](=O)[O-]. The topological polar surface area (TPSA) is 75.4 Å². The van der Waals surface area contributed by atoms with Crippen LogP contribution in [0.4, 0.5) is 15.8 Å². The molecule has 0 aliphatic rings. The van der Waals surface area contributed by atoms with E-state index >= 15 is 0 Å². The summed E-state index contributed by atoms with van der Waals surface area (Å²) in [6.07, 6.45) is -0.665. The monoisotopic (exact) mass is 256 g/mol. The molecule has 2 N–H and O–H groups in total. The van der Waals surface area contributed by atoms with Crippen LogP contribution in [-0.2, 0) is 0 Å². The first-order valence-corrected chi connectivity index (χ1v) is 5.57. The zero-order chi connectivity index (χ0) is 13.9. The summed E-state index contributed by atoms with van der Waals surface area (Å²) < 4.78 is 12.9. The van der Waals surface area contributed by atoms with Crippen molar-refractivity contribution >= 4 is 11.4 Å². The molecule has 18 heavy (non-hydrogen) atoms. The Hall–Kier alpha value is -1.69. The van der Waals surface area contributed by atoms with Crippen molar-refractivity contribution in [3.63, 3.8) is 0 Å². The van der Waals surface area contributed by atoms with Crippen LogP contribution in [0.3, 0.4) is 0 Å². The van der Waals surface area contributed by atoms with Gasteiger partial charge in [0.2, 0.25) is 0 Å². The van der Waals surface area contributed by atoms with Gasteiger partial charge in [0.05, 0.1) is 17.1 Å². The first kappa shape index (κ1) is 14.4. The summed E-state index contributed by atoms with van der Waals surface area (Å²) in [5.74, 6) is -0.663. The summed E-state index contributed by atoms with van der Waals surface area (Å²) in [6, 6.07) is 3.29. The normalized spacial score (nSPS) is 13.2. The molecule has 0 aromatic heterocycles. The van der Waals surface area contributed by atoms with Crippen LogP contribution in [-0.4, -0.2) is 22.7 Å². The number of nitro groups is 1. The lowest BCUT2D eigenvalue weighted by molar-refractivity contribution is -0.384. The van der Waals surface area contributed by atoms with Crippen LogP contribution in [0.2, 0.25) is 0 Å². The molecular weight excluding hydrogens is 239 g/mol. The lowest BCUT2D eigenvalue weighted by Crippen LogP contribution is -2.32. The van der Waals surface area contributed by atoms with Crippen LogP contribution in [0, 0.1) is 21.3 Å². The zero-order valence-corrected chi connectivity index (χ0v) is 10.6. The maximum atomic E-state index is 12.9. The van der Waals surface area contributed by atoms with E-state index in [-0.39, 0.29) is 23.3 Å². The number of anilines is 1. The first-order chi connectivity index (χ1) is 8.21. The highest BCUT2D eigenvalue weighted by Crippen LogP contribution is 2.26. The molecule has 6 heteroatoms. The molecule has 0 spiro atoms. The van der Waals surface area contributed by atoms with Gasteiger partial charge in [0.15, 0.2) is 0 Å². The third kappa shape index (κ3) is 3.66. The third-order valence-electron chi connectivity index (χ3n) is 2.64. The van der Waals surface area contributed by atoms with Gasteiger partial charge in [-0.25, -0.2) is 4.39 Å². The minimum absolute atomic E-state index is 0.163. The Kier molecular flexibility index (Phi) is 4.24. The Morgan fingerprint density at radius 3 is 2.61 bits per heavy atom. The molecule has 1 aromatic carbocycles. The third-order valence-corrected chi connectivity index (χ3v) is 2.64. The minimum atomic E-state index is -0.665. The number of nitrogens with one attached hydrogen (secondary N) is 1. The molecule has 1 unspecified atom stereocenters. The van der Waals surface area contributed by atoms with Crippen molar-refractivity contribution in [1.82, 2.24) is 0 Å². The van der Waals surface area contributed by atoms with E-state index in [1.165, 1.54) is 6.07 Å². The fourth-order valence-electron chi connectivity index (χ4n) is 1.32. The molecule has 100 valence electrons. The van der Waals surface area contributed by atoms with Crippen LogP contribution in [0.1, 0.15) is 20.8 Å². The van der Waals surface area contributed by atoms with Crippen LogP contribution in [0.25, 0.3) is 0 Å². The van der Waals surface area contributed by atoms with Gasteiger partial charge in [-0.15, -0.1) is 0 Å². The molecule has 1 rings (SSSR count). The van der Waals surface area contributed by atoms with Crippen molar-refractivity contribution in [2.24, 2.45) is 5.41 Å². The Labute approximate surface area is 105 Å². The number of hydrogen-bond donors (Lipinski definition) is 2. The maximum Gasteiger partial charge on any atom is 0.295 e. The van der Waals surface area contributed by atoms with E-state index in [1.54, 1.807) is 0 Å². The van der Waals surface area contributed by atoms with Gasteiger partial charge in [0, 0.05) is 6.54 Å². The first-order valence-electron chi connectivity index (χ1n) is 5.57. The van der Waals surface area contributed by atoms with E-state index in [0.29, 0.717) is 0 Å². The Balaban J connectivity index is 2.82. The fourth-order valence-corrected chi connectivity index (χ4v) is 1.32. The molecule has 0 aliphatic carbocycles. The molecule has 0 aliphatic heterocycles. The Morgan fingerprint density at radius 2 is 2.11 bits per heavy atom. The second-order valence-electron chi connectivity index (χ2n) is 5.18. The molecule has 0 amide bonds. The van der Waals surface area contributed by atoms with Gasteiger partial charge in [-0.3, -0.25) is 10.1 Å². The van der Waals surface area contributed by atoms with Gasteiger partial charge in [-0.2, -0.15) is 0 Å². The molecule has 1 atom stereocenters. The highest BCUT2D eigenvalue weighted by atomic mass is 19.1. The molecular formula is C12H17FN2O3. The maximum absolute atomic E-state index is 12.9. The van der Waals surface area contributed by atoms with Gasteiger partial charge in [-0.05, 0) is 17.5 Å². The van der Waals surface area contributed by atoms with E-state index in [2.05, 4.69) is 5.32 Å². The number of rotatable bonds is 4. The highest BCUT2D eigenvalue weighted by molar-refractivity contribution is 5.61. The van der Waals surface area contributed by atoms with Gasteiger partial charge >= 0.3 is 0 Å². The smallest absolute Gasteiger partial charge is 0.295 e. The molecule has 0 saturated carbocycles. The minimum Gasteiger partial charge on any atom is -0.391 e. The van der Waals surface area contributed by atoms with Gasteiger partial charge in [0.1, 0.15) is 11.5 Å². The molecule has 0 saturated heterocycles. The number of aliphatic hydroxyl groups excluding tert-OH is 1. The molecule has 5 nitrogen and oxygen atoms in total. The summed E-state index contributed by atoms with van der Waals surface area (Å²) in [7, 11) is 0. The van der Waals surface area contributed by atoms with Crippen molar-refractivity contribution in [3.05, 3.63) is 34.1 Å². The van der Waals surface area contributed by atoms with Crippen LogP contribution in [0.5, 0.6) is 0 Å². The second-order valence-corrected chi connectivity index (χ2v) is 5.18. The second kappa shape index (κ2) is 5.30. The van der Waals surface area contributed by atoms with E-state index < -0.39 is 16.8 Å². The molecule has 0 radical (unpaired) electrons. The van der Waals surface area contributed by atoms with Crippen LogP contribution >= 0.6 is 0 Å². The van der Waals surface area contributed by atoms with Gasteiger partial charge < -0.3 is 10.4 Å². The van der Waals surface area contributed by atoms with Crippen molar-refractivity contribution in [1.29, 1.82) is 0 Å². The van der Waals surface area contributed by atoms with Gasteiger partial charge in [-0.1, -0.05) is 20.8 Å². The van der Waals surface area contributed by atoms with Crippen LogP contribution in [0.15, 0.2) is 18.2 Å². The molecule has 0 fully saturated rings. The quantitative estimate of drug-likeness (QED) is 0.641. The number of nitro benzene ring substituents is 1. The van der Waals surface area contributed by atoms with E-state index in [0.717, 1.165) is 12.1 Å². The molecule has 0 bridgehead atoms. The number of benzene rings is 1. The lowest BCUT2D eigenvalue weighted by atomic mass is 9.89. The number of hydrogen-bond acceptors (Lipinski definition) is 4. The van der Waals surface area contributed by atoms with Crippen molar-refractivity contribution in [3.8, 4) is 0 Å². The largest absolute Gasteiger partial charge is 0.391 e. The Bertz CT molecular complexity index is 443. The number of halogens is 1. The highest BCUT2D eigenvalue weighted by Gasteiger charge is 2.23. The number of aliphatic hydroxyl groups is 1. The average molecular weight is 256 g/mol. The van der Waals surface area contributed by atoms with Crippen LogP contribution < -0.4 is 5.32 Å². The van der Waals surface area contributed by atoms with Crippen molar-refractivity contribution < 1.29 is 14.4 Å². The predicted octanol–water partition coefficient (Wildman–Crippen LogP) is 2.55. The summed E-state index contributed by atoms with van der Waals surface area (Å²) in [5.41, 5.74) is -0.470.